The summed E-state index contributed by atoms with van der Waals surface area (Å²) >= 11 is 3.87. The monoisotopic (exact) mass is 490 g/mol. The third kappa shape index (κ3) is 6.60. The van der Waals surface area contributed by atoms with Crippen LogP contribution in [0.2, 0.25) is 0 Å². The van der Waals surface area contributed by atoms with Crippen molar-refractivity contribution in [3.8, 4) is 0 Å². The summed E-state index contributed by atoms with van der Waals surface area (Å²) in [5.74, 6) is 2.25. The summed E-state index contributed by atoms with van der Waals surface area (Å²) in [4.78, 5) is 9.43. The number of aliphatic imine (C=N–C) groups is 1. The lowest BCUT2D eigenvalue weighted by molar-refractivity contribution is 0.732. The molecule has 1 atom stereocenters. The number of hydrogen-bond acceptors (Lipinski definition) is 4. The zero-order valence-electron chi connectivity index (χ0n) is 14.7. The Morgan fingerprint density at radius 3 is 2.96 bits per heavy atom. The van der Waals surface area contributed by atoms with Gasteiger partial charge in [-0.2, -0.15) is 11.8 Å². The molecular weight excluding hydrogens is 463 g/mol. The number of fused-ring (bicyclic) bond motifs is 1. The molecule has 7 heteroatoms. The van der Waals surface area contributed by atoms with E-state index in [-0.39, 0.29) is 24.0 Å². The topological polar surface area (TPSA) is 49.3 Å². The van der Waals surface area contributed by atoms with Gasteiger partial charge >= 0.3 is 0 Å². The minimum atomic E-state index is 0. The number of thiazole rings is 1. The largest absolute Gasteiger partial charge is 0.357 e. The van der Waals surface area contributed by atoms with E-state index in [1.165, 1.54) is 28.3 Å². The number of para-hydroxylation sites is 1. The summed E-state index contributed by atoms with van der Waals surface area (Å²) in [5, 5.41) is 8.73. The molecule has 2 heterocycles. The lowest BCUT2D eigenvalue weighted by Gasteiger charge is -2.12. The lowest BCUT2D eigenvalue weighted by Crippen LogP contribution is -2.38. The fourth-order valence-electron chi connectivity index (χ4n) is 2.80. The minimum absolute atomic E-state index is 0. The summed E-state index contributed by atoms with van der Waals surface area (Å²) in [6.07, 6.45) is 4.74. The molecule has 0 spiro atoms. The second-order valence-electron chi connectivity index (χ2n) is 5.96. The van der Waals surface area contributed by atoms with Gasteiger partial charge in [0.15, 0.2) is 5.96 Å². The van der Waals surface area contributed by atoms with Crippen molar-refractivity contribution in [2.75, 3.05) is 25.4 Å². The number of nitrogens with zero attached hydrogens (tertiary/aromatic N) is 2. The molecule has 0 radical (unpaired) electrons. The number of rotatable bonds is 7. The van der Waals surface area contributed by atoms with E-state index < -0.39 is 0 Å². The molecule has 1 fully saturated rings. The Bertz CT molecular complexity index is 635. The van der Waals surface area contributed by atoms with Crippen LogP contribution >= 0.6 is 47.1 Å². The second-order valence-corrected chi connectivity index (χ2v) is 8.48. The van der Waals surface area contributed by atoms with Crippen LogP contribution in [-0.2, 0) is 6.42 Å². The lowest BCUT2D eigenvalue weighted by atomic mass is 10.2. The Kier molecular flexibility index (Phi) is 9.33. The number of aryl methyl sites for hydroxylation is 1. The van der Waals surface area contributed by atoms with E-state index in [4.69, 9.17) is 9.98 Å². The van der Waals surface area contributed by atoms with Crippen molar-refractivity contribution in [1.82, 2.24) is 15.6 Å². The Balaban J connectivity index is 0.00000225. The molecule has 1 aliphatic rings. The molecule has 0 aliphatic carbocycles. The third-order valence-electron chi connectivity index (χ3n) is 4.02. The molecule has 2 N–H and O–H groups in total. The van der Waals surface area contributed by atoms with Gasteiger partial charge in [0.2, 0.25) is 0 Å². The van der Waals surface area contributed by atoms with Crippen molar-refractivity contribution in [3.63, 3.8) is 0 Å². The highest BCUT2D eigenvalue weighted by Gasteiger charge is 2.14. The van der Waals surface area contributed by atoms with Crippen LogP contribution in [0.5, 0.6) is 0 Å². The molecule has 1 aromatic carbocycles. The predicted octanol–water partition coefficient (Wildman–Crippen LogP) is 4.30. The molecule has 25 heavy (non-hydrogen) atoms. The number of benzene rings is 1. The summed E-state index contributed by atoms with van der Waals surface area (Å²) in [6.45, 7) is 4.88. The first-order chi connectivity index (χ1) is 11.8. The molecule has 4 nitrogen and oxygen atoms in total. The van der Waals surface area contributed by atoms with E-state index in [1.54, 1.807) is 11.3 Å². The van der Waals surface area contributed by atoms with E-state index in [1.807, 2.05) is 0 Å². The summed E-state index contributed by atoms with van der Waals surface area (Å²) in [5.41, 5.74) is 1.12. The molecular formula is C18H27IN4S2. The van der Waals surface area contributed by atoms with E-state index in [0.29, 0.717) is 5.25 Å². The first kappa shape index (κ1) is 20.8. The van der Waals surface area contributed by atoms with Crippen molar-refractivity contribution in [1.29, 1.82) is 0 Å². The Morgan fingerprint density at radius 2 is 2.20 bits per heavy atom. The highest BCUT2D eigenvalue weighted by atomic mass is 127. The quantitative estimate of drug-likeness (QED) is 0.263. The van der Waals surface area contributed by atoms with Crippen LogP contribution in [0.1, 0.15) is 31.2 Å². The van der Waals surface area contributed by atoms with Crippen LogP contribution in [0.3, 0.4) is 0 Å². The van der Waals surface area contributed by atoms with Crippen LogP contribution < -0.4 is 10.6 Å². The van der Waals surface area contributed by atoms with Gasteiger partial charge in [0.25, 0.3) is 0 Å². The van der Waals surface area contributed by atoms with Crippen molar-refractivity contribution >= 4 is 63.3 Å². The van der Waals surface area contributed by atoms with Crippen LogP contribution in [0.4, 0.5) is 0 Å². The summed E-state index contributed by atoms with van der Waals surface area (Å²) in [6, 6.07) is 8.36. The maximum atomic E-state index is 4.74. The predicted molar refractivity (Wildman–Crippen MR) is 123 cm³/mol. The number of aromatic nitrogens is 1. The van der Waals surface area contributed by atoms with E-state index in [9.17, 15) is 0 Å². The van der Waals surface area contributed by atoms with Gasteiger partial charge in [-0.05, 0) is 44.1 Å². The molecule has 2 aromatic rings. The summed E-state index contributed by atoms with van der Waals surface area (Å²) in [7, 11) is 0. The fourth-order valence-corrected chi connectivity index (χ4v) is 4.99. The Labute approximate surface area is 175 Å². The molecule has 1 aliphatic heterocycles. The molecule has 1 aromatic heterocycles. The van der Waals surface area contributed by atoms with Gasteiger partial charge in [-0.1, -0.05) is 12.1 Å². The van der Waals surface area contributed by atoms with Crippen LogP contribution in [0.15, 0.2) is 29.3 Å². The average molecular weight is 490 g/mol. The van der Waals surface area contributed by atoms with Crippen LogP contribution in [-0.4, -0.2) is 41.6 Å². The van der Waals surface area contributed by atoms with E-state index >= 15 is 0 Å². The zero-order chi connectivity index (χ0) is 16.6. The fraction of sp³-hybridized carbons (Fsp3) is 0.556. The average Bonchev–Trinajstić information content (AvgIpc) is 3.25. The van der Waals surface area contributed by atoms with Gasteiger partial charge in [-0.15, -0.1) is 35.3 Å². The molecule has 0 bridgehead atoms. The number of halogens is 1. The van der Waals surface area contributed by atoms with Crippen molar-refractivity contribution in [3.05, 3.63) is 29.3 Å². The second kappa shape index (κ2) is 11.2. The molecule has 1 saturated heterocycles. The van der Waals surface area contributed by atoms with Gasteiger partial charge in [-0.25, -0.2) is 4.98 Å². The molecule has 0 amide bonds. The number of guanidine groups is 1. The first-order valence-electron chi connectivity index (χ1n) is 8.83. The maximum Gasteiger partial charge on any atom is 0.191 e. The van der Waals surface area contributed by atoms with Crippen LogP contribution in [0, 0.1) is 0 Å². The Morgan fingerprint density at radius 1 is 1.32 bits per heavy atom. The van der Waals surface area contributed by atoms with Gasteiger partial charge < -0.3 is 10.6 Å². The standard InChI is InChI=1S/C18H26N4S2.HI/c1-2-19-18(21-13-14-7-6-12-23-14)20-11-5-10-17-22-15-8-3-4-9-16(15)24-17;/h3-4,8-9,14H,2,5-7,10-13H2,1H3,(H2,19,20,21);1H. The number of thioether (sulfide) groups is 1. The molecule has 1 unspecified atom stereocenters. The third-order valence-corrected chi connectivity index (χ3v) is 6.50. The van der Waals surface area contributed by atoms with Crippen molar-refractivity contribution in [2.45, 2.75) is 37.9 Å². The van der Waals surface area contributed by atoms with E-state index in [0.717, 1.165) is 44.0 Å². The van der Waals surface area contributed by atoms with Crippen molar-refractivity contribution in [2.24, 2.45) is 4.99 Å². The maximum absolute atomic E-state index is 4.74. The normalized spacial score (nSPS) is 17.5. The molecule has 3 rings (SSSR count). The SMILES string of the molecule is CCNC(=NCC1CCCS1)NCCCc1nc2ccccc2s1.I. The Hall–Kier alpha value is -0.540. The minimum Gasteiger partial charge on any atom is -0.357 e. The highest BCUT2D eigenvalue weighted by molar-refractivity contribution is 14.0. The van der Waals surface area contributed by atoms with Crippen LogP contribution in [0.25, 0.3) is 10.2 Å². The highest BCUT2D eigenvalue weighted by Crippen LogP contribution is 2.26. The summed E-state index contributed by atoms with van der Waals surface area (Å²) < 4.78 is 1.28. The number of hydrogen-bond donors (Lipinski definition) is 2. The molecule has 0 saturated carbocycles. The van der Waals surface area contributed by atoms with Gasteiger partial charge in [-0.3, -0.25) is 4.99 Å². The number of nitrogens with one attached hydrogen (secondary N) is 2. The van der Waals surface area contributed by atoms with Crippen molar-refractivity contribution < 1.29 is 0 Å². The van der Waals surface area contributed by atoms with Gasteiger partial charge in [0.1, 0.15) is 0 Å². The molecule has 138 valence electrons. The first-order valence-corrected chi connectivity index (χ1v) is 10.7. The zero-order valence-corrected chi connectivity index (χ0v) is 18.6. The van der Waals surface area contributed by atoms with Gasteiger partial charge in [0, 0.05) is 24.8 Å². The van der Waals surface area contributed by atoms with E-state index in [2.05, 4.69) is 53.6 Å². The van der Waals surface area contributed by atoms with Gasteiger partial charge in [0.05, 0.1) is 21.8 Å². The smallest absolute Gasteiger partial charge is 0.191 e.